The molecule has 1 amide bonds. The number of nitrogens with zero attached hydrogens (tertiary/aromatic N) is 1. The van der Waals surface area contributed by atoms with Crippen molar-refractivity contribution in [1.82, 2.24) is 4.90 Å². The Morgan fingerprint density at radius 2 is 1.46 bits per heavy atom. The molecule has 3 rings (SSSR count). The van der Waals surface area contributed by atoms with Gasteiger partial charge in [-0.3, -0.25) is 9.59 Å². The van der Waals surface area contributed by atoms with Crippen molar-refractivity contribution < 1.29 is 14.3 Å². The van der Waals surface area contributed by atoms with Crippen LogP contribution in [-0.4, -0.2) is 35.8 Å². The number of carbonyl (C=O) groups excluding carboxylic acids is 2. The van der Waals surface area contributed by atoms with E-state index in [9.17, 15) is 9.59 Å². The van der Waals surface area contributed by atoms with Crippen LogP contribution in [0.3, 0.4) is 0 Å². The molecule has 4 nitrogen and oxygen atoms in total. The molecule has 1 aliphatic rings. The summed E-state index contributed by atoms with van der Waals surface area (Å²) in [5.74, 6) is 0.521. The summed E-state index contributed by atoms with van der Waals surface area (Å²) in [4.78, 5) is 26.8. The number of carbonyl (C=O) groups is 2. The predicted molar refractivity (Wildman–Crippen MR) is 102 cm³/mol. The first-order chi connectivity index (χ1) is 12.5. The highest BCUT2D eigenvalue weighted by molar-refractivity contribution is 6.30. The van der Waals surface area contributed by atoms with Gasteiger partial charge < -0.3 is 9.64 Å². The second-order valence-electron chi connectivity index (χ2n) is 6.51. The van der Waals surface area contributed by atoms with Gasteiger partial charge in [0.15, 0.2) is 11.9 Å². The molecule has 2 aromatic carbocycles. The van der Waals surface area contributed by atoms with Crippen molar-refractivity contribution in [3.8, 4) is 5.75 Å². The first kappa shape index (κ1) is 18.5. The minimum absolute atomic E-state index is 0.0195. The Morgan fingerprint density at radius 1 is 0.923 bits per heavy atom. The first-order valence-corrected chi connectivity index (χ1v) is 9.28. The van der Waals surface area contributed by atoms with Crippen molar-refractivity contribution in [2.24, 2.45) is 0 Å². The lowest BCUT2D eigenvalue weighted by atomic mass is 10.0. The molecule has 5 heteroatoms. The van der Waals surface area contributed by atoms with Crippen LogP contribution in [0.25, 0.3) is 0 Å². The number of ether oxygens (including phenoxy) is 1. The van der Waals surface area contributed by atoms with Crippen molar-refractivity contribution >= 4 is 23.3 Å². The van der Waals surface area contributed by atoms with Crippen LogP contribution in [0.1, 0.15) is 42.1 Å². The van der Waals surface area contributed by atoms with Gasteiger partial charge in [0.2, 0.25) is 0 Å². The van der Waals surface area contributed by atoms with Crippen molar-refractivity contribution in [2.75, 3.05) is 13.1 Å². The highest BCUT2D eigenvalue weighted by Gasteiger charge is 2.23. The summed E-state index contributed by atoms with van der Waals surface area (Å²) in [6, 6.07) is 13.7. The Morgan fingerprint density at radius 3 is 2.04 bits per heavy atom. The summed E-state index contributed by atoms with van der Waals surface area (Å²) >= 11 is 5.85. The molecular formula is C21H22ClNO3. The molecule has 0 radical (unpaired) electrons. The molecule has 0 spiro atoms. The van der Waals surface area contributed by atoms with E-state index in [1.54, 1.807) is 55.5 Å². The minimum atomic E-state index is -0.536. The molecule has 0 bridgehead atoms. The zero-order valence-corrected chi connectivity index (χ0v) is 15.5. The Kier molecular flexibility index (Phi) is 5.94. The zero-order valence-electron chi connectivity index (χ0n) is 14.8. The predicted octanol–water partition coefficient (Wildman–Crippen LogP) is 4.35. The normalized spacial score (nSPS) is 15.4. The van der Waals surface area contributed by atoms with E-state index in [-0.39, 0.29) is 11.7 Å². The number of rotatable bonds is 5. The summed E-state index contributed by atoms with van der Waals surface area (Å²) in [6.45, 7) is 3.38. The molecule has 1 aliphatic heterocycles. The van der Waals surface area contributed by atoms with E-state index in [1.807, 2.05) is 4.90 Å². The third-order valence-electron chi connectivity index (χ3n) is 4.55. The molecule has 0 aromatic heterocycles. The van der Waals surface area contributed by atoms with Gasteiger partial charge in [0.25, 0.3) is 5.91 Å². The van der Waals surface area contributed by atoms with E-state index in [0.717, 1.165) is 25.9 Å². The monoisotopic (exact) mass is 371 g/mol. The number of halogens is 1. The zero-order chi connectivity index (χ0) is 18.5. The number of piperidine rings is 1. The Labute approximate surface area is 158 Å². The van der Waals surface area contributed by atoms with Crippen LogP contribution in [0.2, 0.25) is 5.02 Å². The maximum Gasteiger partial charge on any atom is 0.263 e. The molecule has 0 N–H and O–H groups in total. The van der Waals surface area contributed by atoms with Gasteiger partial charge in [0.05, 0.1) is 0 Å². The largest absolute Gasteiger partial charge is 0.481 e. The van der Waals surface area contributed by atoms with Gasteiger partial charge in [-0.25, -0.2) is 0 Å². The summed E-state index contributed by atoms with van der Waals surface area (Å²) in [5, 5.41) is 0.595. The second kappa shape index (κ2) is 8.37. The average molecular weight is 372 g/mol. The molecule has 0 aliphatic carbocycles. The maximum atomic E-state index is 12.5. The van der Waals surface area contributed by atoms with E-state index < -0.39 is 6.10 Å². The highest BCUT2D eigenvalue weighted by Crippen LogP contribution is 2.19. The second-order valence-corrected chi connectivity index (χ2v) is 6.94. The van der Waals surface area contributed by atoms with Crippen LogP contribution >= 0.6 is 11.6 Å². The van der Waals surface area contributed by atoms with Crippen molar-refractivity contribution in [3.63, 3.8) is 0 Å². The molecule has 26 heavy (non-hydrogen) atoms. The molecule has 1 unspecified atom stereocenters. The number of hydrogen-bond acceptors (Lipinski definition) is 3. The van der Waals surface area contributed by atoms with Crippen LogP contribution in [0, 0.1) is 0 Å². The molecule has 136 valence electrons. The van der Waals surface area contributed by atoms with E-state index in [0.29, 0.717) is 21.9 Å². The van der Waals surface area contributed by atoms with Crippen molar-refractivity contribution in [2.45, 2.75) is 32.3 Å². The highest BCUT2D eigenvalue weighted by atomic mass is 35.5. The number of ketones is 1. The van der Waals surface area contributed by atoms with Crippen LogP contribution in [0.4, 0.5) is 0 Å². The summed E-state index contributed by atoms with van der Waals surface area (Å²) in [7, 11) is 0. The molecule has 2 aromatic rings. The third kappa shape index (κ3) is 4.44. The van der Waals surface area contributed by atoms with Crippen LogP contribution in [0.5, 0.6) is 5.75 Å². The quantitative estimate of drug-likeness (QED) is 0.734. The van der Waals surface area contributed by atoms with Gasteiger partial charge in [0.1, 0.15) is 5.75 Å². The first-order valence-electron chi connectivity index (χ1n) is 8.90. The fourth-order valence-corrected chi connectivity index (χ4v) is 3.20. The van der Waals surface area contributed by atoms with E-state index in [4.69, 9.17) is 16.3 Å². The van der Waals surface area contributed by atoms with Crippen LogP contribution in [0.15, 0.2) is 48.5 Å². The SMILES string of the molecule is CC(Oc1ccc(C(=O)c2ccc(Cl)cc2)cc1)C(=O)N1CCCCC1. The lowest BCUT2D eigenvalue weighted by Crippen LogP contribution is -2.43. The van der Waals surface area contributed by atoms with Gasteiger partial charge in [-0.05, 0) is 74.7 Å². The van der Waals surface area contributed by atoms with Crippen LogP contribution in [-0.2, 0) is 4.79 Å². The van der Waals surface area contributed by atoms with Gasteiger partial charge in [-0.1, -0.05) is 11.6 Å². The molecular weight excluding hydrogens is 350 g/mol. The maximum absolute atomic E-state index is 12.5. The third-order valence-corrected chi connectivity index (χ3v) is 4.80. The summed E-state index contributed by atoms with van der Waals surface area (Å²) in [5.41, 5.74) is 1.14. The van der Waals surface area contributed by atoms with Gasteiger partial charge >= 0.3 is 0 Å². The van der Waals surface area contributed by atoms with Gasteiger partial charge in [-0.2, -0.15) is 0 Å². The summed E-state index contributed by atoms with van der Waals surface area (Å²) < 4.78 is 5.77. The Bertz CT molecular complexity index is 765. The average Bonchev–Trinajstić information content (AvgIpc) is 2.68. The summed E-state index contributed by atoms with van der Waals surface area (Å²) in [6.07, 6.45) is 2.76. The fraction of sp³-hybridized carbons (Fsp3) is 0.333. The Balaban J connectivity index is 1.62. The van der Waals surface area contributed by atoms with Gasteiger partial charge in [-0.15, -0.1) is 0 Å². The van der Waals surface area contributed by atoms with Crippen molar-refractivity contribution in [1.29, 1.82) is 0 Å². The lowest BCUT2D eigenvalue weighted by Gasteiger charge is -2.29. The van der Waals surface area contributed by atoms with Gasteiger partial charge in [0, 0.05) is 29.2 Å². The number of likely N-dealkylation sites (tertiary alicyclic amines) is 1. The minimum Gasteiger partial charge on any atom is -0.481 e. The van der Waals surface area contributed by atoms with E-state index in [2.05, 4.69) is 0 Å². The molecule has 1 heterocycles. The topological polar surface area (TPSA) is 46.6 Å². The molecule has 0 saturated carbocycles. The fourth-order valence-electron chi connectivity index (χ4n) is 3.08. The standard InChI is InChI=1S/C21H22ClNO3/c1-15(21(25)23-13-3-2-4-14-23)26-19-11-7-17(8-12-19)20(24)16-5-9-18(22)10-6-16/h5-12,15H,2-4,13-14H2,1H3. The Hall–Kier alpha value is -2.33. The van der Waals surface area contributed by atoms with Crippen LogP contribution < -0.4 is 4.74 Å². The lowest BCUT2D eigenvalue weighted by molar-refractivity contribution is -0.138. The number of hydrogen-bond donors (Lipinski definition) is 0. The van der Waals surface area contributed by atoms with E-state index >= 15 is 0 Å². The molecule has 1 fully saturated rings. The number of amides is 1. The van der Waals surface area contributed by atoms with E-state index in [1.165, 1.54) is 6.42 Å². The number of benzene rings is 2. The molecule has 1 atom stereocenters. The molecule has 1 saturated heterocycles. The smallest absolute Gasteiger partial charge is 0.263 e. The van der Waals surface area contributed by atoms with Crippen molar-refractivity contribution in [3.05, 3.63) is 64.7 Å².